The third-order valence-corrected chi connectivity index (χ3v) is 5.19. The zero-order valence-corrected chi connectivity index (χ0v) is 16.7. The molecule has 0 bridgehead atoms. The number of anilines is 1. The molecule has 1 aliphatic heterocycles. The van der Waals surface area contributed by atoms with Crippen molar-refractivity contribution in [2.75, 3.05) is 38.7 Å². The van der Waals surface area contributed by atoms with Crippen LogP contribution in [0.15, 0.2) is 42.9 Å². The van der Waals surface area contributed by atoms with Crippen LogP contribution in [0.1, 0.15) is 19.5 Å². The first kappa shape index (κ1) is 19.5. The van der Waals surface area contributed by atoms with Crippen LogP contribution in [0.25, 0.3) is 22.6 Å². The largest absolute Gasteiger partial charge is 0.379 e. The van der Waals surface area contributed by atoms with Gasteiger partial charge in [-0.05, 0) is 36.8 Å². The molecule has 0 spiro atoms. The van der Waals surface area contributed by atoms with E-state index in [1.807, 2.05) is 12.4 Å². The minimum Gasteiger partial charge on any atom is -0.379 e. The van der Waals surface area contributed by atoms with Gasteiger partial charge in [0.25, 0.3) is 0 Å². The molecule has 2 aromatic heterocycles. The minimum absolute atomic E-state index is 0.128. The fourth-order valence-corrected chi connectivity index (χ4v) is 3.78. The second-order valence-electron chi connectivity index (χ2n) is 6.91. The Balaban J connectivity index is 1.85. The van der Waals surface area contributed by atoms with Crippen LogP contribution in [0.5, 0.6) is 0 Å². The molecule has 1 N–H and O–H groups in total. The number of halogens is 1. The molecule has 7 nitrogen and oxygen atoms in total. The van der Waals surface area contributed by atoms with Gasteiger partial charge in [-0.3, -0.25) is 4.90 Å². The van der Waals surface area contributed by atoms with Crippen molar-refractivity contribution in [1.29, 1.82) is 0 Å². The topological polar surface area (TPSA) is 68.1 Å². The van der Waals surface area contributed by atoms with Gasteiger partial charge in [0, 0.05) is 31.9 Å². The molecule has 3 aromatic rings. The lowest BCUT2D eigenvalue weighted by Gasteiger charge is -2.35. The SMILES string of the molecule is CCC(N1CCOCC1)n1cnc(-c2ccc(F)cc2)c1-c1ccnc(NC)n1. The molecular formula is C21H25FN6O. The van der Waals surface area contributed by atoms with Crippen LogP contribution in [0.2, 0.25) is 0 Å². The lowest BCUT2D eigenvalue weighted by molar-refractivity contribution is -0.00229. The Morgan fingerprint density at radius 3 is 2.59 bits per heavy atom. The lowest BCUT2D eigenvalue weighted by atomic mass is 10.1. The van der Waals surface area contributed by atoms with Crippen molar-refractivity contribution in [3.8, 4) is 22.6 Å². The Bertz CT molecular complexity index is 952. The van der Waals surface area contributed by atoms with Crippen LogP contribution in [0, 0.1) is 5.82 Å². The third-order valence-electron chi connectivity index (χ3n) is 5.19. The maximum absolute atomic E-state index is 13.5. The molecule has 1 aromatic carbocycles. The number of morpholine rings is 1. The molecule has 29 heavy (non-hydrogen) atoms. The zero-order valence-electron chi connectivity index (χ0n) is 16.7. The Kier molecular flexibility index (Phi) is 5.82. The number of aromatic nitrogens is 4. The van der Waals surface area contributed by atoms with E-state index in [9.17, 15) is 4.39 Å². The first-order chi connectivity index (χ1) is 14.2. The molecule has 1 fully saturated rings. The quantitative estimate of drug-likeness (QED) is 0.689. The van der Waals surface area contributed by atoms with E-state index in [2.05, 4.69) is 31.7 Å². The standard InChI is InChI=1S/C21H25FN6O/c1-3-18(27-10-12-29-13-11-27)28-14-25-19(15-4-6-16(22)7-5-15)20(28)17-8-9-24-21(23-2)26-17/h4-9,14,18H,3,10-13H2,1-2H3,(H,23,24,26). The highest BCUT2D eigenvalue weighted by Gasteiger charge is 2.26. The van der Waals surface area contributed by atoms with Gasteiger partial charge in [-0.2, -0.15) is 0 Å². The molecule has 0 saturated carbocycles. The molecule has 152 valence electrons. The lowest BCUT2D eigenvalue weighted by Crippen LogP contribution is -2.41. The van der Waals surface area contributed by atoms with E-state index >= 15 is 0 Å². The van der Waals surface area contributed by atoms with Gasteiger partial charge in [0.2, 0.25) is 5.95 Å². The predicted molar refractivity (Wildman–Crippen MR) is 110 cm³/mol. The van der Waals surface area contributed by atoms with E-state index in [0.717, 1.165) is 55.4 Å². The first-order valence-electron chi connectivity index (χ1n) is 9.87. The Hall–Kier alpha value is -2.84. The van der Waals surface area contributed by atoms with Gasteiger partial charge in [0.05, 0.1) is 42.8 Å². The van der Waals surface area contributed by atoms with E-state index in [-0.39, 0.29) is 12.0 Å². The molecule has 1 saturated heterocycles. The van der Waals surface area contributed by atoms with Crippen molar-refractivity contribution in [1.82, 2.24) is 24.4 Å². The number of hydrogen-bond donors (Lipinski definition) is 1. The number of nitrogens with one attached hydrogen (secondary N) is 1. The number of rotatable bonds is 6. The number of nitrogens with zero attached hydrogens (tertiary/aromatic N) is 5. The van der Waals surface area contributed by atoms with Gasteiger partial charge >= 0.3 is 0 Å². The molecular weight excluding hydrogens is 371 g/mol. The van der Waals surface area contributed by atoms with Crippen molar-refractivity contribution in [2.45, 2.75) is 19.5 Å². The molecule has 1 unspecified atom stereocenters. The van der Waals surface area contributed by atoms with Crippen LogP contribution in [-0.2, 0) is 4.74 Å². The second kappa shape index (κ2) is 8.67. The normalized spacial score (nSPS) is 16.0. The van der Waals surface area contributed by atoms with E-state index in [1.54, 1.807) is 25.4 Å². The molecule has 4 rings (SSSR count). The number of benzene rings is 1. The molecule has 8 heteroatoms. The van der Waals surface area contributed by atoms with Gasteiger partial charge in [-0.1, -0.05) is 6.92 Å². The van der Waals surface area contributed by atoms with Crippen molar-refractivity contribution in [3.63, 3.8) is 0 Å². The smallest absolute Gasteiger partial charge is 0.222 e. The fraction of sp³-hybridized carbons (Fsp3) is 0.381. The van der Waals surface area contributed by atoms with Crippen LogP contribution in [0.3, 0.4) is 0 Å². The molecule has 0 radical (unpaired) electrons. The molecule has 0 amide bonds. The number of ether oxygens (including phenoxy) is 1. The van der Waals surface area contributed by atoms with Crippen LogP contribution in [0.4, 0.5) is 10.3 Å². The van der Waals surface area contributed by atoms with E-state index in [1.165, 1.54) is 12.1 Å². The van der Waals surface area contributed by atoms with Crippen LogP contribution >= 0.6 is 0 Å². The molecule has 1 atom stereocenters. The zero-order chi connectivity index (χ0) is 20.2. The van der Waals surface area contributed by atoms with E-state index < -0.39 is 0 Å². The van der Waals surface area contributed by atoms with Crippen LogP contribution in [-0.4, -0.2) is 57.8 Å². The average molecular weight is 396 g/mol. The van der Waals surface area contributed by atoms with Gasteiger partial charge in [0.15, 0.2) is 0 Å². The predicted octanol–water partition coefficient (Wildman–Crippen LogP) is 3.43. The summed E-state index contributed by atoms with van der Waals surface area (Å²) < 4.78 is 21.2. The summed E-state index contributed by atoms with van der Waals surface area (Å²) in [7, 11) is 1.79. The van der Waals surface area contributed by atoms with E-state index in [4.69, 9.17) is 9.72 Å². The van der Waals surface area contributed by atoms with Gasteiger partial charge in [-0.25, -0.2) is 19.3 Å². The second-order valence-corrected chi connectivity index (χ2v) is 6.91. The number of imidazole rings is 1. The monoisotopic (exact) mass is 396 g/mol. The van der Waals surface area contributed by atoms with Crippen molar-refractivity contribution >= 4 is 5.95 Å². The molecule has 3 heterocycles. The summed E-state index contributed by atoms with van der Waals surface area (Å²) >= 11 is 0. The van der Waals surface area contributed by atoms with Crippen molar-refractivity contribution in [2.24, 2.45) is 0 Å². The highest BCUT2D eigenvalue weighted by molar-refractivity contribution is 5.77. The molecule has 1 aliphatic rings. The summed E-state index contributed by atoms with van der Waals surface area (Å²) in [5.41, 5.74) is 3.29. The van der Waals surface area contributed by atoms with Crippen molar-refractivity contribution < 1.29 is 9.13 Å². The maximum Gasteiger partial charge on any atom is 0.222 e. The average Bonchev–Trinajstić information content (AvgIpc) is 3.20. The highest BCUT2D eigenvalue weighted by Crippen LogP contribution is 2.34. The minimum atomic E-state index is -0.269. The summed E-state index contributed by atoms with van der Waals surface area (Å²) in [4.78, 5) is 16.0. The third kappa shape index (κ3) is 3.99. The summed E-state index contributed by atoms with van der Waals surface area (Å²) in [6.07, 6.45) is 4.63. The van der Waals surface area contributed by atoms with Gasteiger partial charge in [-0.15, -0.1) is 0 Å². The highest BCUT2D eigenvalue weighted by atomic mass is 19.1. The Morgan fingerprint density at radius 1 is 1.14 bits per heavy atom. The summed E-state index contributed by atoms with van der Waals surface area (Å²) in [5, 5.41) is 2.99. The maximum atomic E-state index is 13.5. The van der Waals surface area contributed by atoms with Gasteiger partial charge in [0.1, 0.15) is 5.82 Å². The van der Waals surface area contributed by atoms with Crippen LogP contribution < -0.4 is 5.32 Å². The fourth-order valence-electron chi connectivity index (χ4n) is 3.78. The first-order valence-corrected chi connectivity index (χ1v) is 9.87. The Morgan fingerprint density at radius 2 is 1.90 bits per heavy atom. The van der Waals surface area contributed by atoms with Gasteiger partial charge < -0.3 is 14.6 Å². The van der Waals surface area contributed by atoms with E-state index in [0.29, 0.717) is 5.95 Å². The summed E-state index contributed by atoms with van der Waals surface area (Å²) in [6, 6.07) is 8.29. The number of hydrogen-bond acceptors (Lipinski definition) is 6. The Labute approximate surface area is 169 Å². The molecule has 0 aliphatic carbocycles. The summed E-state index contributed by atoms with van der Waals surface area (Å²) in [6.45, 7) is 5.35. The summed E-state index contributed by atoms with van der Waals surface area (Å²) in [5.74, 6) is 0.272. The van der Waals surface area contributed by atoms with Crippen molar-refractivity contribution in [3.05, 3.63) is 48.7 Å².